The smallest absolute Gasteiger partial charge is 0.239 e. The lowest BCUT2D eigenvalue weighted by Crippen LogP contribution is -2.48. The van der Waals surface area contributed by atoms with Crippen LogP contribution in [0.2, 0.25) is 0 Å². The van der Waals surface area contributed by atoms with E-state index >= 15 is 0 Å². The van der Waals surface area contributed by atoms with E-state index in [1.807, 2.05) is 25.1 Å². The minimum absolute atomic E-state index is 0.0288. The molecule has 1 saturated heterocycles. The number of amides is 1. The van der Waals surface area contributed by atoms with Crippen molar-refractivity contribution in [2.45, 2.75) is 45.4 Å². The van der Waals surface area contributed by atoms with Crippen molar-refractivity contribution in [3.63, 3.8) is 0 Å². The molecule has 4 rings (SSSR count). The Kier molecular flexibility index (Phi) is 7.67. The first-order valence-corrected chi connectivity index (χ1v) is 12.5. The summed E-state index contributed by atoms with van der Waals surface area (Å²) < 4.78 is 5.78. The van der Waals surface area contributed by atoms with Crippen molar-refractivity contribution in [3.05, 3.63) is 40.3 Å². The SMILES string of the molecule is CCOc1ccccc1N1CCN(CC(=O)Nc2sc3c(c2C#N)CCCCCC3)CC1. The molecule has 0 bridgehead atoms. The second kappa shape index (κ2) is 10.8. The fourth-order valence-corrected chi connectivity index (χ4v) is 5.89. The number of fused-ring (bicyclic) bond motifs is 1. The van der Waals surface area contributed by atoms with Gasteiger partial charge < -0.3 is 15.0 Å². The molecule has 2 aromatic rings. The van der Waals surface area contributed by atoms with Gasteiger partial charge in [0, 0.05) is 31.1 Å². The molecular weight excluding hydrogens is 420 g/mol. The van der Waals surface area contributed by atoms with Gasteiger partial charge in [-0.3, -0.25) is 9.69 Å². The summed E-state index contributed by atoms with van der Waals surface area (Å²) in [6.07, 6.45) is 6.75. The number of thiophene rings is 1. The fraction of sp³-hybridized carbons (Fsp3) is 0.520. The zero-order valence-electron chi connectivity index (χ0n) is 18.9. The molecule has 1 N–H and O–H groups in total. The van der Waals surface area contributed by atoms with Crippen molar-refractivity contribution in [1.82, 2.24) is 4.90 Å². The van der Waals surface area contributed by atoms with Crippen LogP contribution in [0.1, 0.15) is 48.6 Å². The maximum atomic E-state index is 12.8. The minimum Gasteiger partial charge on any atom is -0.492 e. The van der Waals surface area contributed by atoms with Gasteiger partial charge in [-0.05, 0) is 50.3 Å². The summed E-state index contributed by atoms with van der Waals surface area (Å²) in [4.78, 5) is 18.6. The molecule has 0 radical (unpaired) electrons. The van der Waals surface area contributed by atoms with Gasteiger partial charge in [-0.25, -0.2) is 0 Å². The normalized spacial score (nSPS) is 17.1. The van der Waals surface area contributed by atoms with E-state index in [1.165, 1.54) is 29.7 Å². The highest BCUT2D eigenvalue weighted by atomic mass is 32.1. The summed E-state index contributed by atoms with van der Waals surface area (Å²) in [6.45, 7) is 6.35. The zero-order chi connectivity index (χ0) is 22.3. The number of aryl methyl sites for hydroxylation is 1. The number of hydrogen-bond acceptors (Lipinski definition) is 6. The van der Waals surface area contributed by atoms with Gasteiger partial charge in [-0.1, -0.05) is 25.0 Å². The first kappa shape index (κ1) is 22.6. The molecule has 7 heteroatoms. The molecular formula is C25H32N4O2S. The average molecular weight is 453 g/mol. The number of carbonyl (C=O) groups is 1. The molecule has 2 aliphatic rings. The summed E-state index contributed by atoms with van der Waals surface area (Å²) in [5.41, 5.74) is 2.99. The van der Waals surface area contributed by atoms with Gasteiger partial charge >= 0.3 is 0 Å². The Balaban J connectivity index is 1.34. The standard InChI is InChI=1S/C25H32N4O2S/c1-2-31-22-11-8-7-10-21(22)29-15-13-28(14-16-29)18-24(30)27-25-20(17-26)19-9-5-3-4-6-12-23(19)32-25/h7-8,10-11H,2-6,9,12-16,18H2,1H3,(H,27,30). The summed E-state index contributed by atoms with van der Waals surface area (Å²) >= 11 is 1.61. The van der Waals surface area contributed by atoms with E-state index in [2.05, 4.69) is 27.3 Å². The predicted molar refractivity (Wildman–Crippen MR) is 130 cm³/mol. The number of para-hydroxylation sites is 2. The number of benzene rings is 1. The highest BCUT2D eigenvalue weighted by Gasteiger charge is 2.24. The number of rotatable bonds is 6. The second-order valence-corrected chi connectivity index (χ2v) is 9.55. The summed E-state index contributed by atoms with van der Waals surface area (Å²) in [5.74, 6) is 0.886. The monoisotopic (exact) mass is 452 g/mol. The summed E-state index contributed by atoms with van der Waals surface area (Å²) in [6, 6.07) is 10.5. The van der Waals surface area contributed by atoms with Crippen LogP contribution >= 0.6 is 11.3 Å². The molecule has 0 atom stereocenters. The quantitative estimate of drug-likeness (QED) is 0.702. The van der Waals surface area contributed by atoms with Gasteiger partial charge in [0.25, 0.3) is 0 Å². The highest BCUT2D eigenvalue weighted by Crippen LogP contribution is 2.36. The first-order chi connectivity index (χ1) is 15.7. The predicted octanol–water partition coefficient (Wildman–Crippen LogP) is 4.44. The van der Waals surface area contributed by atoms with Gasteiger partial charge in [-0.15, -0.1) is 11.3 Å². The topological polar surface area (TPSA) is 68.6 Å². The van der Waals surface area contributed by atoms with Crippen LogP contribution in [-0.4, -0.2) is 50.1 Å². The first-order valence-electron chi connectivity index (χ1n) is 11.7. The largest absolute Gasteiger partial charge is 0.492 e. The van der Waals surface area contributed by atoms with Gasteiger partial charge in [0.05, 0.1) is 24.4 Å². The van der Waals surface area contributed by atoms with Crippen LogP contribution in [0.15, 0.2) is 24.3 Å². The van der Waals surface area contributed by atoms with Gasteiger partial charge in [0.1, 0.15) is 16.8 Å². The van der Waals surface area contributed by atoms with Crippen molar-refractivity contribution in [2.75, 3.05) is 49.5 Å². The number of nitrogens with zero attached hydrogens (tertiary/aromatic N) is 3. The van der Waals surface area contributed by atoms with E-state index < -0.39 is 0 Å². The molecule has 32 heavy (non-hydrogen) atoms. The van der Waals surface area contributed by atoms with Crippen LogP contribution in [0, 0.1) is 11.3 Å². The molecule has 0 saturated carbocycles. The van der Waals surface area contributed by atoms with Crippen molar-refractivity contribution in [3.8, 4) is 11.8 Å². The number of nitrogens with one attached hydrogen (secondary N) is 1. The second-order valence-electron chi connectivity index (χ2n) is 8.45. The number of piperazine rings is 1. The Morgan fingerprint density at radius 2 is 1.88 bits per heavy atom. The van der Waals surface area contributed by atoms with E-state index in [9.17, 15) is 10.1 Å². The van der Waals surface area contributed by atoms with Crippen LogP contribution in [0.5, 0.6) is 5.75 Å². The van der Waals surface area contributed by atoms with Crippen molar-refractivity contribution >= 4 is 27.9 Å². The van der Waals surface area contributed by atoms with E-state index in [1.54, 1.807) is 11.3 Å². The number of hydrogen-bond donors (Lipinski definition) is 1. The van der Waals surface area contributed by atoms with E-state index in [-0.39, 0.29) is 5.91 Å². The highest BCUT2D eigenvalue weighted by molar-refractivity contribution is 7.16. The molecule has 0 unspecified atom stereocenters. The van der Waals surface area contributed by atoms with E-state index in [0.29, 0.717) is 18.7 Å². The Morgan fingerprint density at radius 1 is 1.12 bits per heavy atom. The van der Waals surface area contributed by atoms with Crippen molar-refractivity contribution in [1.29, 1.82) is 5.26 Å². The van der Waals surface area contributed by atoms with E-state index in [4.69, 9.17) is 4.74 Å². The third kappa shape index (κ3) is 5.25. The number of anilines is 2. The maximum absolute atomic E-state index is 12.8. The molecule has 1 aromatic heterocycles. The maximum Gasteiger partial charge on any atom is 0.239 e. The molecule has 0 spiro atoms. The Hall–Kier alpha value is -2.56. The van der Waals surface area contributed by atoms with Crippen LogP contribution in [-0.2, 0) is 17.6 Å². The Morgan fingerprint density at radius 3 is 2.62 bits per heavy atom. The van der Waals surface area contributed by atoms with Crippen LogP contribution in [0.25, 0.3) is 0 Å². The number of nitriles is 1. The van der Waals surface area contributed by atoms with Crippen LogP contribution in [0.3, 0.4) is 0 Å². The van der Waals surface area contributed by atoms with E-state index in [0.717, 1.165) is 61.9 Å². The molecule has 6 nitrogen and oxygen atoms in total. The lowest BCUT2D eigenvalue weighted by atomic mass is 9.97. The molecule has 1 aliphatic heterocycles. The minimum atomic E-state index is -0.0288. The average Bonchev–Trinajstić information content (AvgIpc) is 3.09. The molecule has 1 aliphatic carbocycles. The lowest BCUT2D eigenvalue weighted by molar-refractivity contribution is -0.117. The van der Waals surface area contributed by atoms with Crippen molar-refractivity contribution < 1.29 is 9.53 Å². The molecule has 2 heterocycles. The molecule has 1 amide bonds. The third-order valence-corrected chi connectivity index (χ3v) is 7.49. The zero-order valence-corrected chi connectivity index (χ0v) is 19.7. The van der Waals surface area contributed by atoms with Crippen LogP contribution in [0.4, 0.5) is 10.7 Å². The Labute approximate surface area is 194 Å². The summed E-state index contributed by atoms with van der Waals surface area (Å²) in [7, 11) is 0. The van der Waals surface area contributed by atoms with Gasteiger partial charge in [-0.2, -0.15) is 5.26 Å². The lowest BCUT2D eigenvalue weighted by Gasteiger charge is -2.36. The van der Waals surface area contributed by atoms with Crippen LogP contribution < -0.4 is 15.0 Å². The summed E-state index contributed by atoms with van der Waals surface area (Å²) in [5, 5.41) is 13.5. The number of ether oxygens (including phenoxy) is 1. The van der Waals surface area contributed by atoms with Gasteiger partial charge in [0.2, 0.25) is 5.91 Å². The number of carbonyl (C=O) groups excluding carboxylic acids is 1. The third-order valence-electron chi connectivity index (χ3n) is 6.28. The molecule has 170 valence electrons. The Bertz CT molecular complexity index is 973. The molecule has 1 fully saturated rings. The molecule has 1 aromatic carbocycles. The van der Waals surface area contributed by atoms with Gasteiger partial charge in [0.15, 0.2) is 0 Å². The fourth-order valence-electron chi connectivity index (χ4n) is 4.64. The van der Waals surface area contributed by atoms with Crippen molar-refractivity contribution in [2.24, 2.45) is 0 Å².